The van der Waals surface area contributed by atoms with E-state index in [1.54, 1.807) is 17.6 Å². The minimum atomic E-state index is -2.00. The first-order chi connectivity index (χ1) is 19.2. The van der Waals surface area contributed by atoms with Crippen molar-refractivity contribution >= 4 is 34.5 Å². The fraction of sp³-hybridized carbons (Fsp3) is 0.467. The Morgan fingerprint density at radius 3 is 2.65 bits per heavy atom. The normalized spacial score (nSPS) is 13.7. The summed E-state index contributed by atoms with van der Waals surface area (Å²) in [7, 11) is 3.78. The largest absolute Gasteiger partial charge is 0.461 e. The lowest BCUT2D eigenvalue weighted by Crippen LogP contribution is -2.47. The Bertz CT molecular complexity index is 1490. The van der Waals surface area contributed by atoms with Crippen LogP contribution in [-0.4, -0.2) is 70.6 Å². The van der Waals surface area contributed by atoms with Crippen molar-refractivity contribution < 1.29 is 19.4 Å². The Morgan fingerprint density at radius 2 is 1.98 bits per heavy atom. The number of ether oxygens (including phenoxy) is 1. The lowest BCUT2D eigenvalue weighted by molar-refractivity contribution is -0.144. The van der Waals surface area contributed by atoms with E-state index < -0.39 is 23.0 Å². The first kappa shape index (κ1) is 29.8. The molecule has 3 heterocycles. The second kappa shape index (κ2) is 12.5. The monoisotopic (exact) mass is 566 g/mol. The van der Waals surface area contributed by atoms with Crippen LogP contribution in [0.2, 0.25) is 0 Å². The molecule has 9 nitrogen and oxygen atoms in total. The molecule has 0 saturated carbocycles. The maximum atomic E-state index is 14.0. The van der Waals surface area contributed by atoms with Gasteiger partial charge in [-0.25, -0.2) is 4.98 Å². The number of fused-ring (bicyclic) bond motifs is 4. The highest BCUT2D eigenvalue weighted by Gasteiger charge is 2.41. The number of benzene rings is 1. The first-order valence-electron chi connectivity index (χ1n) is 13.6. The van der Waals surface area contributed by atoms with Gasteiger partial charge in [0.2, 0.25) is 0 Å². The van der Waals surface area contributed by atoms with Crippen LogP contribution in [0, 0.1) is 0 Å². The Hall–Kier alpha value is -3.21. The number of hydrogen-bond donors (Lipinski definition) is 2. The average Bonchev–Trinajstić information content (AvgIpc) is 3.31. The third-order valence-electron chi connectivity index (χ3n) is 7.49. The van der Waals surface area contributed by atoms with E-state index in [2.05, 4.69) is 12.2 Å². The summed E-state index contributed by atoms with van der Waals surface area (Å²) in [5.41, 5.74) is 1.94. The van der Waals surface area contributed by atoms with Gasteiger partial charge in [0.1, 0.15) is 6.61 Å². The van der Waals surface area contributed by atoms with Gasteiger partial charge in [0.05, 0.1) is 35.4 Å². The number of carbonyl (C=O) groups is 2. The van der Waals surface area contributed by atoms with Crippen molar-refractivity contribution in [2.24, 2.45) is 0 Å². The van der Waals surface area contributed by atoms with Crippen molar-refractivity contribution in [3.8, 4) is 11.4 Å². The number of nitrogens with zero attached hydrogens (tertiary/aromatic N) is 3. The second-order valence-electron chi connectivity index (χ2n) is 10.3. The standard InChI is InChI=1S/C30H38N4O5S/c1-6-19-20-10-8-9-11-24(20)32-27-21(19)17-34-25(27)16-23(22(28(34)36)18-39-26(35)12-15-40-5)30(38,7-2)29(37)31-13-14-33(3)4/h8-11,16,38H,6-7,12-15,17-18H2,1-5H3,(H,31,37)/t30-/m0/s1. The number of hydrogen-bond acceptors (Lipinski definition) is 8. The van der Waals surface area contributed by atoms with Gasteiger partial charge in [-0.1, -0.05) is 32.0 Å². The number of esters is 1. The van der Waals surface area contributed by atoms with Crippen molar-refractivity contribution in [1.29, 1.82) is 0 Å². The summed E-state index contributed by atoms with van der Waals surface area (Å²) in [6, 6.07) is 9.57. The Balaban J connectivity index is 1.87. The van der Waals surface area contributed by atoms with E-state index in [1.165, 1.54) is 11.8 Å². The number of rotatable bonds is 12. The van der Waals surface area contributed by atoms with Crippen LogP contribution in [0.15, 0.2) is 35.1 Å². The zero-order valence-electron chi connectivity index (χ0n) is 23.9. The molecule has 1 aliphatic heterocycles. The van der Waals surface area contributed by atoms with E-state index >= 15 is 0 Å². The number of likely N-dealkylation sites (N-methyl/N-ethyl adjacent to an activating group) is 1. The van der Waals surface area contributed by atoms with E-state index in [4.69, 9.17) is 9.72 Å². The number of aliphatic hydroxyl groups is 1. The molecule has 3 aromatic rings. The topological polar surface area (TPSA) is 114 Å². The molecule has 0 radical (unpaired) electrons. The third-order valence-corrected chi connectivity index (χ3v) is 8.10. The van der Waals surface area contributed by atoms with E-state index in [1.807, 2.05) is 49.5 Å². The molecule has 4 rings (SSSR count). The highest BCUT2D eigenvalue weighted by molar-refractivity contribution is 7.98. The van der Waals surface area contributed by atoms with Crippen LogP contribution in [0.4, 0.5) is 0 Å². The highest BCUT2D eigenvalue weighted by atomic mass is 32.2. The van der Waals surface area contributed by atoms with Gasteiger partial charge >= 0.3 is 5.97 Å². The molecule has 1 aliphatic rings. The van der Waals surface area contributed by atoms with Crippen molar-refractivity contribution in [2.45, 2.75) is 51.9 Å². The van der Waals surface area contributed by atoms with Crippen LogP contribution in [0.1, 0.15) is 48.9 Å². The lowest BCUT2D eigenvalue weighted by atomic mass is 9.86. The number of amides is 1. The summed E-state index contributed by atoms with van der Waals surface area (Å²) >= 11 is 1.52. The molecule has 0 unspecified atom stereocenters. The van der Waals surface area contributed by atoms with Gasteiger partial charge in [-0.2, -0.15) is 11.8 Å². The van der Waals surface area contributed by atoms with Crippen LogP contribution < -0.4 is 10.9 Å². The molecule has 0 aliphatic carbocycles. The smallest absolute Gasteiger partial charge is 0.306 e. The molecule has 0 saturated heterocycles. The Kier molecular flexibility index (Phi) is 9.33. The zero-order valence-corrected chi connectivity index (χ0v) is 24.7. The van der Waals surface area contributed by atoms with Crippen LogP contribution in [-0.2, 0) is 39.5 Å². The fourth-order valence-electron chi connectivity index (χ4n) is 5.24. The first-order valence-corrected chi connectivity index (χ1v) is 15.0. The van der Waals surface area contributed by atoms with Crippen molar-refractivity contribution in [2.75, 3.05) is 39.2 Å². The highest BCUT2D eigenvalue weighted by Crippen LogP contribution is 2.38. The van der Waals surface area contributed by atoms with Crippen molar-refractivity contribution in [1.82, 2.24) is 19.8 Å². The maximum absolute atomic E-state index is 14.0. The van der Waals surface area contributed by atoms with Crippen LogP contribution in [0.5, 0.6) is 0 Å². The predicted molar refractivity (Wildman–Crippen MR) is 158 cm³/mol. The molecule has 1 amide bonds. The molecule has 1 atom stereocenters. The maximum Gasteiger partial charge on any atom is 0.306 e. The van der Waals surface area contributed by atoms with E-state index in [9.17, 15) is 19.5 Å². The predicted octanol–water partition coefficient (Wildman–Crippen LogP) is 3.06. The van der Waals surface area contributed by atoms with E-state index in [0.29, 0.717) is 36.8 Å². The molecule has 0 fully saturated rings. The fourth-order valence-corrected chi connectivity index (χ4v) is 5.61. The number of thioether (sulfide) groups is 1. The van der Waals surface area contributed by atoms with Crippen molar-refractivity contribution in [3.05, 3.63) is 62.9 Å². The number of nitrogens with one attached hydrogen (secondary N) is 1. The van der Waals surface area contributed by atoms with Gasteiger partial charge in [-0.05, 0) is 50.9 Å². The minimum Gasteiger partial charge on any atom is -0.461 e. The van der Waals surface area contributed by atoms with Gasteiger partial charge in [-0.3, -0.25) is 14.4 Å². The minimum absolute atomic E-state index is 0.0231. The van der Waals surface area contributed by atoms with Gasteiger partial charge < -0.3 is 24.6 Å². The van der Waals surface area contributed by atoms with Crippen LogP contribution >= 0.6 is 11.8 Å². The number of aromatic nitrogens is 2. The Labute approximate surface area is 238 Å². The SMILES string of the molecule is CCc1c2c(nc3ccccc13)-c1cc([C@@](O)(CC)C(=O)NCCN(C)C)c(COC(=O)CCSC)c(=O)n1C2. The number of para-hydroxylation sites is 1. The average molecular weight is 567 g/mol. The van der Waals surface area contributed by atoms with Crippen molar-refractivity contribution in [3.63, 3.8) is 0 Å². The molecule has 0 spiro atoms. The van der Waals surface area contributed by atoms with Gasteiger partial charge in [0.15, 0.2) is 5.60 Å². The Morgan fingerprint density at radius 1 is 1.23 bits per heavy atom. The molecule has 10 heteroatoms. The molecule has 40 heavy (non-hydrogen) atoms. The summed E-state index contributed by atoms with van der Waals surface area (Å²) in [6.45, 7) is 4.67. The van der Waals surface area contributed by atoms with Gasteiger partial charge in [0.25, 0.3) is 11.5 Å². The van der Waals surface area contributed by atoms with E-state index in [0.717, 1.165) is 28.5 Å². The van der Waals surface area contributed by atoms with E-state index in [-0.39, 0.29) is 30.6 Å². The van der Waals surface area contributed by atoms with Gasteiger partial charge in [0, 0.05) is 35.4 Å². The molecule has 2 N–H and O–H groups in total. The quantitative estimate of drug-likeness (QED) is 0.252. The molecular weight excluding hydrogens is 528 g/mol. The number of pyridine rings is 2. The second-order valence-corrected chi connectivity index (χ2v) is 11.3. The van der Waals surface area contributed by atoms with Crippen LogP contribution in [0.25, 0.3) is 22.3 Å². The third kappa shape index (κ3) is 5.66. The molecule has 0 bridgehead atoms. The molecule has 1 aromatic carbocycles. The molecular formula is C30H38N4O5S. The number of aryl methyl sites for hydroxylation is 1. The summed E-state index contributed by atoms with van der Waals surface area (Å²) < 4.78 is 7.11. The summed E-state index contributed by atoms with van der Waals surface area (Å²) in [6.07, 6.45) is 2.88. The zero-order chi connectivity index (χ0) is 29.0. The van der Waals surface area contributed by atoms with Gasteiger partial charge in [-0.15, -0.1) is 0 Å². The molecule has 2 aromatic heterocycles. The summed E-state index contributed by atoms with van der Waals surface area (Å²) in [4.78, 5) is 46.7. The number of carbonyl (C=O) groups excluding carboxylic acids is 2. The molecule has 214 valence electrons. The summed E-state index contributed by atoms with van der Waals surface area (Å²) in [5, 5.41) is 15.7. The summed E-state index contributed by atoms with van der Waals surface area (Å²) in [5.74, 6) is -0.448. The van der Waals surface area contributed by atoms with Crippen LogP contribution in [0.3, 0.4) is 0 Å². The lowest BCUT2D eigenvalue weighted by Gasteiger charge is -2.29.